The van der Waals surface area contributed by atoms with Gasteiger partial charge >= 0.3 is 0 Å². The van der Waals surface area contributed by atoms with Crippen LogP contribution in [0.4, 0.5) is 4.39 Å². The number of rotatable bonds is 3. The SMILES string of the molecule is CC=CC1CCC2CC(c3ccc(CC)c(F)c3)CCC2C1. The summed E-state index contributed by atoms with van der Waals surface area (Å²) >= 11 is 0. The Kier molecular flexibility index (Phi) is 5.00. The van der Waals surface area contributed by atoms with E-state index in [9.17, 15) is 4.39 Å². The van der Waals surface area contributed by atoms with Crippen LogP contribution in [-0.4, -0.2) is 0 Å². The van der Waals surface area contributed by atoms with Gasteiger partial charge in [0.25, 0.3) is 0 Å². The molecule has 0 aromatic heterocycles. The number of hydrogen-bond acceptors (Lipinski definition) is 0. The van der Waals surface area contributed by atoms with Crippen molar-refractivity contribution >= 4 is 0 Å². The lowest BCUT2D eigenvalue weighted by atomic mass is 9.64. The van der Waals surface area contributed by atoms with Gasteiger partial charge in [-0.25, -0.2) is 4.39 Å². The van der Waals surface area contributed by atoms with Gasteiger partial charge in [-0.15, -0.1) is 0 Å². The van der Waals surface area contributed by atoms with E-state index in [-0.39, 0.29) is 5.82 Å². The summed E-state index contributed by atoms with van der Waals surface area (Å²) in [6.07, 6.45) is 13.4. The van der Waals surface area contributed by atoms with E-state index in [0.717, 1.165) is 29.7 Å². The van der Waals surface area contributed by atoms with Gasteiger partial charge in [-0.3, -0.25) is 0 Å². The summed E-state index contributed by atoms with van der Waals surface area (Å²) in [7, 11) is 0. The van der Waals surface area contributed by atoms with Crippen LogP contribution in [0.5, 0.6) is 0 Å². The van der Waals surface area contributed by atoms with Crippen molar-refractivity contribution in [1.29, 1.82) is 0 Å². The van der Waals surface area contributed by atoms with Crippen LogP contribution in [0.25, 0.3) is 0 Å². The van der Waals surface area contributed by atoms with Gasteiger partial charge in [0.05, 0.1) is 0 Å². The summed E-state index contributed by atoms with van der Waals surface area (Å²) in [5.74, 6) is 3.17. The third kappa shape index (κ3) is 3.29. The standard InChI is InChI=1S/C21H29F/c1-3-5-15-6-7-18-13-19(11-10-17(18)12-15)20-9-8-16(4-2)21(22)14-20/h3,5,8-9,14-15,17-19H,4,6-7,10-13H2,1-2H3. The van der Waals surface area contributed by atoms with E-state index in [1.54, 1.807) is 0 Å². The lowest BCUT2D eigenvalue weighted by molar-refractivity contribution is 0.133. The summed E-state index contributed by atoms with van der Waals surface area (Å²) in [6.45, 7) is 4.16. The van der Waals surface area contributed by atoms with Crippen molar-refractivity contribution in [2.75, 3.05) is 0 Å². The minimum atomic E-state index is -0.00100. The van der Waals surface area contributed by atoms with Crippen molar-refractivity contribution in [1.82, 2.24) is 0 Å². The summed E-state index contributed by atoms with van der Waals surface area (Å²) in [5, 5.41) is 0. The van der Waals surface area contributed by atoms with E-state index >= 15 is 0 Å². The molecule has 120 valence electrons. The molecule has 0 radical (unpaired) electrons. The van der Waals surface area contributed by atoms with Crippen molar-refractivity contribution in [2.45, 2.75) is 64.7 Å². The average molecular weight is 300 g/mol. The highest BCUT2D eigenvalue weighted by atomic mass is 19.1. The van der Waals surface area contributed by atoms with Gasteiger partial charge in [-0.2, -0.15) is 0 Å². The molecular weight excluding hydrogens is 271 g/mol. The van der Waals surface area contributed by atoms with Crippen LogP contribution in [0.15, 0.2) is 30.4 Å². The molecule has 22 heavy (non-hydrogen) atoms. The fourth-order valence-electron chi connectivity index (χ4n) is 4.78. The molecule has 0 saturated heterocycles. The van der Waals surface area contributed by atoms with Gasteiger partial charge in [0.2, 0.25) is 0 Å². The van der Waals surface area contributed by atoms with Crippen molar-refractivity contribution < 1.29 is 4.39 Å². The Labute approximate surface area is 134 Å². The number of fused-ring (bicyclic) bond motifs is 1. The normalized spacial score (nSPS) is 32.1. The lowest BCUT2D eigenvalue weighted by Crippen LogP contribution is -2.30. The Morgan fingerprint density at radius 1 is 1.09 bits per heavy atom. The molecule has 0 spiro atoms. The van der Waals surface area contributed by atoms with Crippen LogP contribution in [-0.2, 0) is 6.42 Å². The highest BCUT2D eigenvalue weighted by Crippen LogP contribution is 2.47. The largest absolute Gasteiger partial charge is 0.207 e. The first-order valence-corrected chi connectivity index (χ1v) is 9.12. The Hall–Kier alpha value is -1.11. The van der Waals surface area contributed by atoms with Gasteiger partial charge in [0.1, 0.15) is 5.82 Å². The monoisotopic (exact) mass is 300 g/mol. The predicted molar refractivity (Wildman–Crippen MR) is 91.5 cm³/mol. The zero-order valence-corrected chi connectivity index (χ0v) is 14.0. The molecule has 2 aliphatic carbocycles. The lowest BCUT2D eigenvalue weighted by Gasteiger charge is -2.41. The third-order valence-electron chi connectivity index (χ3n) is 6.05. The van der Waals surface area contributed by atoms with Gasteiger partial charge in [0.15, 0.2) is 0 Å². The Bertz CT molecular complexity index is 531. The topological polar surface area (TPSA) is 0 Å². The summed E-state index contributed by atoms with van der Waals surface area (Å²) in [6, 6.07) is 5.99. The molecule has 1 aromatic rings. The van der Waals surface area contributed by atoms with E-state index in [0.29, 0.717) is 5.92 Å². The van der Waals surface area contributed by atoms with Crippen LogP contribution in [0.2, 0.25) is 0 Å². The van der Waals surface area contributed by atoms with Crippen molar-refractivity contribution in [3.8, 4) is 0 Å². The van der Waals surface area contributed by atoms with E-state index in [4.69, 9.17) is 0 Å². The van der Waals surface area contributed by atoms with Crippen LogP contribution >= 0.6 is 0 Å². The van der Waals surface area contributed by atoms with Crippen LogP contribution in [0.1, 0.15) is 69.4 Å². The van der Waals surface area contributed by atoms with Gasteiger partial charge < -0.3 is 0 Å². The first-order chi connectivity index (χ1) is 10.7. The molecule has 0 heterocycles. The van der Waals surface area contributed by atoms with E-state index in [2.05, 4.69) is 25.1 Å². The number of benzene rings is 1. The van der Waals surface area contributed by atoms with Crippen LogP contribution in [0.3, 0.4) is 0 Å². The molecule has 0 aliphatic heterocycles. The molecule has 4 unspecified atom stereocenters. The Morgan fingerprint density at radius 2 is 1.86 bits per heavy atom. The number of allylic oxidation sites excluding steroid dienone is 2. The quantitative estimate of drug-likeness (QED) is 0.577. The average Bonchev–Trinajstić information content (AvgIpc) is 2.54. The third-order valence-corrected chi connectivity index (χ3v) is 6.05. The van der Waals surface area contributed by atoms with Crippen molar-refractivity contribution in [2.24, 2.45) is 17.8 Å². The predicted octanol–water partition coefficient (Wildman–Crippen LogP) is 6.26. The molecule has 0 nitrogen and oxygen atoms in total. The molecule has 1 aromatic carbocycles. The molecule has 4 atom stereocenters. The number of aryl methyl sites for hydroxylation is 1. The maximum Gasteiger partial charge on any atom is 0.126 e. The van der Waals surface area contributed by atoms with Gasteiger partial charge in [0, 0.05) is 0 Å². The van der Waals surface area contributed by atoms with Gasteiger partial charge in [-0.1, -0.05) is 31.2 Å². The van der Waals surface area contributed by atoms with Crippen molar-refractivity contribution in [3.05, 3.63) is 47.3 Å². The zero-order chi connectivity index (χ0) is 15.5. The molecule has 2 aliphatic rings. The first-order valence-electron chi connectivity index (χ1n) is 9.12. The highest BCUT2D eigenvalue weighted by molar-refractivity contribution is 5.27. The fourth-order valence-corrected chi connectivity index (χ4v) is 4.78. The Morgan fingerprint density at radius 3 is 2.59 bits per heavy atom. The second-order valence-corrected chi connectivity index (χ2v) is 7.33. The molecule has 0 bridgehead atoms. The zero-order valence-electron chi connectivity index (χ0n) is 14.0. The van der Waals surface area contributed by atoms with Crippen LogP contribution < -0.4 is 0 Å². The molecule has 0 N–H and O–H groups in total. The Balaban J connectivity index is 1.66. The van der Waals surface area contributed by atoms with Crippen LogP contribution in [0, 0.1) is 23.6 Å². The van der Waals surface area contributed by atoms with E-state index in [1.807, 2.05) is 19.1 Å². The second kappa shape index (κ2) is 6.98. The highest BCUT2D eigenvalue weighted by Gasteiger charge is 2.35. The molecule has 2 saturated carbocycles. The van der Waals surface area contributed by atoms with E-state index < -0.39 is 0 Å². The summed E-state index contributed by atoms with van der Waals surface area (Å²) < 4.78 is 14.1. The minimum absolute atomic E-state index is 0.00100. The fraction of sp³-hybridized carbons (Fsp3) is 0.619. The molecule has 0 amide bonds. The van der Waals surface area contributed by atoms with Crippen molar-refractivity contribution in [3.63, 3.8) is 0 Å². The molecule has 2 fully saturated rings. The summed E-state index contributed by atoms with van der Waals surface area (Å²) in [4.78, 5) is 0. The number of halogens is 1. The minimum Gasteiger partial charge on any atom is -0.207 e. The molecule has 1 heteroatoms. The van der Waals surface area contributed by atoms with Gasteiger partial charge in [-0.05, 0) is 92.7 Å². The maximum absolute atomic E-state index is 14.1. The van der Waals surface area contributed by atoms with E-state index in [1.165, 1.54) is 44.1 Å². The molecular formula is C21H29F. The number of hydrogen-bond donors (Lipinski definition) is 0. The smallest absolute Gasteiger partial charge is 0.126 e. The second-order valence-electron chi connectivity index (χ2n) is 7.33. The first kappa shape index (κ1) is 15.8. The summed E-state index contributed by atoms with van der Waals surface area (Å²) in [5.41, 5.74) is 2.09. The maximum atomic E-state index is 14.1. The molecule has 3 rings (SSSR count).